The van der Waals surface area contributed by atoms with E-state index < -0.39 is 0 Å². The summed E-state index contributed by atoms with van der Waals surface area (Å²) in [5.41, 5.74) is 3.18. The molecule has 0 atom stereocenters. The molecule has 172 valence electrons. The van der Waals surface area contributed by atoms with Crippen molar-refractivity contribution in [3.05, 3.63) is 51.5 Å². The number of hydrogen-bond donors (Lipinski definition) is 1. The fourth-order valence-corrected chi connectivity index (χ4v) is 4.18. The van der Waals surface area contributed by atoms with Crippen LogP contribution in [-0.2, 0) is 9.59 Å². The Bertz CT molecular complexity index is 979. The lowest BCUT2D eigenvalue weighted by molar-refractivity contribution is -0.134. The Kier molecular flexibility index (Phi) is 7.91. The van der Waals surface area contributed by atoms with Crippen molar-refractivity contribution in [1.29, 1.82) is 0 Å². The van der Waals surface area contributed by atoms with Gasteiger partial charge in [0.2, 0.25) is 5.91 Å². The van der Waals surface area contributed by atoms with Gasteiger partial charge in [0.1, 0.15) is 5.75 Å². The molecule has 0 radical (unpaired) electrons. The van der Waals surface area contributed by atoms with Crippen LogP contribution in [0.3, 0.4) is 0 Å². The maximum atomic E-state index is 12.6. The molecule has 0 saturated carbocycles. The van der Waals surface area contributed by atoms with Gasteiger partial charge in [0.25, 0.3) is 5.91 Å². The van der Waals surface area contributed by atoms with Gasteiger partial charge in [-0.3, -0.25) is 9.59 Å². The Morgan fingerprint density at radius 1 is 1.06 bits per heavy atom. The number of carbonyl (C=O) groups excluding carboxylic acids is 2. The van der Waals surface area contributed by atoms with Crippen molar-refractivity contribution in [3.8, 4) is 5.75 Å². The minimum atomic E-state index is -0.285. The summed E-state index contributed by atoms with van der Waals surface area (Å²) in [4.78, 5) is 28.9. The van der Waals surface area contributed by atoms with Crippen molar-refractivity contribution in [1.82, 2.24) is 4.90 Å². The number of halogens is 2. The van der Waals surface area contributed by atoms with Gasteiger partial charge in [0, 0.05) is 37.1 Å². The van der Waals surface area contributed by atoms with Gasteiger partial charge in [-0.1, -0.05) is 43.1 Å². The molecule has 0 unspecified atom stereocenters. The monoisotopic (exact) mass is 477 g/mol. The van der Waals surface area contributed by atoms with Crippen molar-refractivity contribution in [2.75, 3.05) is 43.0 Å². The average molecular weight is 478 g/mol. The van der Waals surface area contributed by atoms with E-state index in [0.29, 0.717) is 47.7 Å². The summed E-state index contributed by atoms with van der Waals surface area (Å²) in [6, 6.07) is 9.04. The highest BCUT2D eigenvalue weighted by atomic mass is 35.5. The maximum Gasteiger partial charge on any atom is 0.262 e. The molecular weight excluding hydrogens is 449 g/mol. The molecule has 1 saturated heterocycles. The lowest BCUT2D eigenvalue weighted by Crippen LogP contribution is -2.50. The van der Waals surface area contributed by atoms with Gasteiger partial charge in [0.15, 0.2) is 6.61 Å². The molecule has 8 heteroatoms. The normalized spacial score (nSPS) is 14.0. The zero-order valence-corrected chi connectivity index (χ0v) is 20.4. The van der Waals surface area contributed by atoms with Crippen LogP contribution in [0.15, 0.2) is 30.3 Å². The number of benzene rings is 2. The molecule has 1 heterocycles. The smallest absolute Gasteiger partial charge is 0.262 e. The summed E-state index contributed by atoms with van der Waals surface area (Å²) in [7, 11) is 0. The van der Waals surface area contributed by atoms with E-state index in [0.717, 1.165) is 16.8 Å². The van der Waals surface area contributed by atoms with Gasteiger partial charge in [-0.05, 0) is 49.2 Å². The number of hydrogen-bond acceptors (Lipinski definition) is 4. The highest BCUT2D eigenvalue weighted by Gasteiger charge is 2.25. The van der Waals surface area contributed by atoms with Crippen LogP contribution in [0.2, 0.25) is 10.0 Å². The average Bonchev–Trinajstić information content (AvgIpc) is 2.75. The third kappa shape index (κ3) is 5.67. The van der Waals surface area contributed by atoms with Crippen LogP contribution in [0, 0.1) is 19.8 Å². The lowest BCUT2D eigenvalue weighted by atomic mass is 10.1. The summed E-state index contributed by atoms with van der Waals surface area (Å²) < 4.78 is 5.67. The molecule has 0 aliphatic carbocycles. The number of anilines is 2. The summed E-state index contributed by atoms with van der Waals surface area (Å²) >= 11 is 12.7. The van der Waals surface area contributed by atoms with Crippen LogP contribution in [0.5, 0.6) is 5.75 Å². The topological polar surface area (TPSA) is 61.9 Å². The van der Waals surface area contributed by atoms with E-state index in [9.17, 15) is 9.59 Å². The second kappa shape index (κ2) is 10.5. The second-order valence-corrected chi connectivity index (χ2v) is 9.10. The predicted molar refractivity (Wildman–Crippen MR) is 130 cm³/mol. The molecule has 1 aliphatic heterocycles. The van der Waals surface area contributed by atoms with Gasteiger partial charge < -0.3 is 19.9 Å². The highest BCUT2D eigenvalue weighted by Crippen LogP contribution is 2.35. The molecule has 0 spiro atoms. The minimum Gasteiger partial charge on any atom is -0.484 e. The third-order valence-corrected chi connectivity index (χ3v) is 6.34. The van der Waals surface area contributed by atoms with Crippen molar-refractivity contribution < 1.29 is 14.3 Å². The largest absolute Gasteiger partial charge is 0.484 e. The maximum absolute atomic E-state index is 12.6. The van der Waals surface area contributed by atoms with Gasteiger partial charge in [-0.15, -0.1) is 0 Å². The standard InChI is InChI=1S/C24H29Cl2N3O3/c1-15(2)24(31)29-10-8-28(9-11-29)23-19(25)6-5-7-20(23)27-21(30)14-32-18-12-16(3)22(26)17(4)13-18/h5-7,12-13,15H,8-11,14H2,1-4H3,(H,27,30). The first-order chi connectivity index (χ1) is 15.2. The Morgan fingerprint density at radius 3 is 2.28 bits per heavy atom. The molecule has 2 amide bonds. The third-order valence-electron chi connectivity index (χ3n) is 5.44. The van der Waals surface area contributed by atoms with Crippen LogP contribution in [0.4, 0.5) is 11.4 Å². The quantitative estimate of drug-likeness (QED) is 0.640. The number of ether oxygens (including phenoxy) is 1. The zero-order chi connectivity index (χ0) is 23.4. The summed E-state index contributed by atoms with van der Waals surface area (Å²) in [5, 5.41) is 4.16. The van der Waals surface area contributed by atoms with E-state index in [4.69, 9.17) is 27.9 Å². The van der Waals surface area contributed by atoms with Gasteiger partial charge in [-0.25, -0.2) is 0 Å². The second-order valence-electron chi connectivity index (χ2n) is 8.31. The van der Waals surface area contributed by atoms with Crippen molar-refractivity contribution in [3.63, 3.8) is 0 Å². The molecule has 1 N–H and O–H groups in total. The first-order valence-electron chi connectivity index (χ1n) is 10.7. The van der Waals surface area contributed by atoms with Gasteiger partial charge in [0.05, 0.1) is 16.4 Å². The van der Waals surface area contributed by atoms with Gasteiger partial charge >= 0.3 is 0 Å². The molecule has 2 aromatic rings. The number of amides is 2. The SMILES string of the molecule is Cc1cc(OCC(=O)Nc2cccc(Cl)c2N2CCN(C(=O)C(C)C)CC2)cc(C)c1Cl. The molecular formula is C24H29Cl2N3O3. The number of carbonyl (C=O) groups is 2. The van der Waals surface area contributed by atoms with Crippen LogP contribution in [-0.4, -0.2) is 49.5 Å². The van der Waals surface area contributed by atoms with E-state index >= 15 is 0 Å². The first-order valence-corrected chi connectivity index (χ1v) is 11.4. The van der Waals surface area contributed by atoms with E-state index in [1.807, 2.05) is 50.8 Å². The Balaban J connectivity index is 1.66. The molecule has 2 aromatic carbocycles. The van der Waals surface area contributed by atoms with Crippen LogP contribution < -0.4 is 15.0 Å². The molecule has 0 aromatic heterocycles. The molecule has 0 bridgehead atoms. The first kappa shape index (κ1) is 24.2. The minimum absolute atomic E-state index is 0.0232. The van der Waals surface area contributed by atoms with Crippen LogP contribution >= 0.6 is 23.2 Å². The predicted octanol–water partition coefficient (Wildman–Crippen LogP) is 4.93. The number of nitrogens with zero attached hydrogens (tertiary/aromatic N) is 2. The number of aryl methyl sites for hydroxylation is 2. The highest BCUT2D eigenvalue weighted by molar-refractivity contribution is 6.34. The number of piperazine rings is 1. The van der Waals surface area contributed by atoms with E-state index in [2.05, 4.69) is 10.2 Å². The van der Waals surface area contributed by atoms with E-state index in [1.54, 1.807) is 12.1 Å². The van der Waals surface area contributed by atoms with Crippen molar-refractivity contribution in [2.45, 2.75) is 27.7 Å². The summed E-state index contributed by atoms with van der Waals surface area (Å²) in [6.07, 6.45) is 0. The fraction of sp³-hybridized carbons (Fsp3) is 0.417. The molecule has 1 aliphatic rings. The summed E-state index contributed by atoms with van der Waals surface area (Å²) in [5.74, 6) is 0.441. The molecule has 3 rings (SSSR count). The Hall–Kier alpha value is -2.44. The van der Waals surface area contributed by atoms with Crippen molar-refractivity contribution in [2.24, 2.45) is 5.92 Å². The number of para-hydroxylation sites is 1. The fourth-order valence-electron chi connectivity index (χ4n) is 3.78. The van der Waals surface area contributed by atoms with Crippen molar-refractivity contribution >= 4 is 46.4 Å². The van der Waals surface area contributed by atoms with Crippen LogP contribution in [0.25, 0.3) is 0 Å². The molecule has 1 fully saturated rings. The Labute approximate surface area is 199 Å². The number of nitrogens with one attached hydrogen (secondary N) is 1. The Morgan fingerprint density at radius 2 is 1.69 bits per heavy atom. The zero-order valence-electron chi connectivity index (χ0n) is 18.9. The summed E-state index contributed by atoms with van der Waals surface area (Å²) in [6.45, 7) is 10.0. The molecule has 32 heavy (non-hydrogen) atoms. The van der Waals surface area contributed by atoms with Gasteiger partial charge in [-0.2, -0.15) is 0 Å². The molecule has 6 nitrogen and oxygen atoms in total. The number of rotatable bonds is 6. The van der Waals surface area contributed by atoms with Crippen LogP contribution in [0.1, 0.15) is 25.0 Å². The van der Waals surface area contributed by atoms with E-state index in [1.165, 1.54) is 0 Å². The van der Waals surface area contributed by atoms with E-state index in [-0.39, 0.29) is 24.3 Å². The lowest BCUT2D eigenvalue weighted by Gasteiger charge is -2.38.